The summed E-state index contributed by atoms with van der Waals surface area (Å²) in [7, 11) is 1.84. The molecule has 5 rings (SSSR count). The number of nitrogens with zero attached hydrogens (tertiary/aromatic N) is 5. The Morgan fingerprint density at radius 2 is 2.06 bits per heavy atom. The molecule has 2 aliphatic heterocycles. The van der Waals surface area contributed by atoms with Crippen LogP contribution in [0.3, 0.4) is 0 Å². The van der Waals surface area contributed by atoms with Crippen molar-refractivity contribution >= 4 is 22.8 Å². The van der Waals surface area contributed by atoms with Crippen LogP contribution < -0.4 is 4.90 Å². The minimum atomic E-state index is -0.316. The molecule has 156 valence electrons. The molecule has 2 aliphatic rings. The van der Waals surface area contributed by atoms with Crippen LogP contribution in [0.1, 0.15) is 18.4 Å². The monoisotopic (exact) mass is 413 g/mol. The molecular formula is C24H23N5O2. The van der Waals surface area contributed by atoms with Gasteiger partial charge in [-0.2, -0.15) is 0 Å². The van der Waals surface area contributed by atoms with Gasteiger partial charge in [0.25, 0.3) is 0 Å². The van der Waals surface area contributed by atoms with Gasteiger partial charge in [-0.15, -0.1) is 0 Å². The second-order valence-electron chi connectivity index (χ2n) is 8.15. The fourth-order valence-electron chi connectivity index (χ4n) is 4.06. The lowest BCUT2D eigenvalue weighted by molar-refractivity contribution is -0.129. The fraction of sp³-hybridized carbons (Fsp3) is 0.333. The predicted octanol–water partition coefficient (Wildman–Crippen LogP) is 2.09. The highest BCUT2D eigenvalue weighted by Gasteiger charge is 2.28. The van der Waals surface area contributed by atoms with Gasteiger partial charge in [0.15, 0.2) is 5.82 Å². The maximum Gasteiger partial charge on any atom is 0.226 e. The average molecular weight is 413 g/mol. The van der Waals surface area contributed by atoms with Crippen molar-refractivity contribution in [2.45, 2.75) is 18.9 Å². The van der Waals surface area contributed by atoms with Crippen molar-refractivity contribution in [2.75, 3.05) is 31.6 Å². The number of hydrogen-bond acceptors (Lipinski definition) is 6. The van der Waals surface area contributed by atoms with Gasteiger partial charge in [0.2, 0.25) is 5.91 Å². The van der Waals surface area contributed by atoms with E-state index in [0.29, 0.717) is 19.5 Å². The van der Waals surface area contributed by atoms with E-state index in [9.17, 15) is 9.90 Å². The predicted molar refractivity (Wildman–Crippen MR) is 118 cm³/mol. The number of aliphatic hydroxyl groups is 1. The Kier molecular flexibility index (Phi) is 5.00. The van der Waals surface area contributed by atoms with E-state index in [4.69, 9.17) is 4.98 Å². The first-order chi connectivity index (χ1) is 15.1. The van der Waals surface area contributed by atoms with E-state index < -0.39 is 0 Å². The molecule has 0 aliphatic carbocycles. The lowest BCUT2D eigenvalue weighted by Crippen LogP contribution is -2.51. The molecule has 0 radical (unpaired) electrons. The van der Waals surface area contributed by atoms with E-state index in [1.807, 2.05) is 48.3 Å². The molecule has 0 spiro atoms. The first-order valence-electron chi connectivity index (χ1n) is 10.5. The van der Waals surface area contributed by atoms with Gasteiger partial charge < -0.3 is 14.9 Å². The van der Waals surface area contributed by atoms with Crippen molar-refractivity contribution in [3.63, 3.8) is 0 Å². The molecule has 1 aromatic carbocycles. The molecule has 0 saturated carbocycles. The third-order valence-corrected chi connectivity index (χ3v) is 5.90. The van der Waals surface area contributed by atoms with Gasteiger partial charge in [-0.25, -0.2) is 15.0 Å². The standard InChI is InChI=1S/C24H23N5O2/c1-28-11-10-17(24(28)31)6-2-4-16-5-3-7-18(12-16)20-8-9-21-22(27-20)23(26-15-25-21)29-13-19(30)14-29/h3,5,7-9,12,15,17,19,30H,6,10-11,13-14H2,1H3. The largest absolute Gasteiger partial charge is 0.389 e. The smallest absolute Gasteiger partial charge is 0.226 e. The molecule has 31 heavy (non-hydrogen) atoms. The van der Waals surface area contributed by atoms with Crippen LogP contribution >= 0.6 is 0 Å². The van der Waals surface area contributed by atoms with E-state index >= 15 is 0 Å². The Bertz CT molecular complexity index is 1210. The Labute approximate surface area is 180 Å². The summed E-state index contributed by atoms with van der Waals surface area (Å²) >= 11 is 0. The van der Waals surface area contributed by atoms with Crippen LogP contribution in [0.25, 0.3) is 22.3 Å². The molecule has 2 fully saturated rings. The molecule has 7 nitrogen and oxygen atoms in total. The summed E-state index contributed by atoms with van der Waals surface area (Å²) in [6, 6.07) is 11.8. The third kappa shape index (κ3) is 3.82. The number of β-amino-alcohol motifs (C(OH)–C–C–N with tert-alkyl or cyclic N) is 1. The first-order valence-corrected chi connectivity index (χ1v) is 10.5. The highest BCUT2D eigenvalue weighted by molar-refractivity contribution is 5.88. The number of amides is 1. The van der Waals surface area contributed by atoms with Crippen molar-refractivity contribution in [1.82, 2.24) is 19.9 Å². The van der Waals surface area contributed by atoms with E-state index in [-0.39, 0.29) is 17.9 Å². The maximum atomic E-state index is 12.0. The third-order valence-electron chi connectivity index (χ3n) is 5.90. The van der Waals surface area contributed by atoms with Crippen molar-refractivity contribution < 1.29 is 9.90 Å². The highest BCUT2D eigenvalue weighted by Crippen LogP contribution is 2.28. The number of aromatic nitrogens is 3. The summed E-state index contributed by atoms with van der Waals surface area (Å²) in [5, 5.41) is 9.64. The zero-order valence-corrected chi connectivity index (χ0v) is 17.3. The van der Waals surface area contributed by atoms with E-state index in [2.05, 4.69) is 21.8 Å². The quantitative estimate of drug-likeness (QED) is 0.662. The molecule has 1 N–H and O–H groups in total. The summed E-state index contributed by atoms with van der Waals surface area (Å²) < 4.78 is 0. The van der Waals surface area contributed by atoms with Crippen LogP contribution in [-0.4, -0.2) is 63.7 Å². The SMILES string of the molecule is CN1CCC(CC#Cc2cccc(-c3ccc4ncnc(N5CC(O)C5)c4n3)c2)C1=O. The van der Waals surface area contributed by atoms with E-state index in [0.717, 1.165) is 46.6 Å². The van der Waals surface area contributed by atoms with Crippen LogP contribution in [0.2, 0.25) is 0 Å². The lowest BCUT2D eigenvalue weighted by atomic mass is 10.0. The number of aliphatic hydroxyl groups excluding tert-OH is 1. The molecule has 7 heteroatoms. The van der Waals surface area contributed by atoms with E-state index in [1.54, 1.807) is 4.90 Å². The molecule has 1 amide bonds. The number of carbonyl (C=O) groups excluding carboxylic acids is 1. The van der Waals surface area contributed by atoms with Gasteiger partial charge in [0, 0.05) is 44.2 Å². The molecule has 2 aromatic heterocycles. The van der Waals surface area contributed by atoms with Crippen molar-refractivity contribution in [1.29, 1.82) is 0 Å². The summed E-state index contributed by atoms with van der Waals surface area (Å²) in [6.07, 6.45) is 2.68. The molecule has 0 bridgehead atoms. The average Bonchev–Trinajstić information content (AvgIpc) is 3.09. The Hall–Kier alpha value is -3.50. The minimum absolute atomic E-state index is 0.0151. The van der Waals surface area contributed by atoms with Gasteiger partial charge in [0.1, 0.15) is 11.8 Å². The zero-order valence-electron chi connectivity index (χ0n) is 17.3. The Morgan fingerprint density at radius 3 is 2.84 bits per heavy atom. The van der Waals surface area contributed by atoms with Gasteiger partial charge in [-0.1, -0.05) is 24.0 Å². The maximum absolute atomic E-state index is 12.0. The number of fused-ring (bicyclic) bond motifs is 1. The highest BCUT2D eigenvalue weighted by atomic mass is 16.3. The second kappa shape index (κ2) is 7.97. The lowest BCUT2D eigenvalue weighted by Gasteiger charge is -2.36. The number of likely N-dealkylation sites (tertiary alicyclic amines) is 1. The zero-order chi connectivity index (χ0) is 21.4. The number of hydrogen-bond donors (Lipinski definition) is 1. The minimum Gasteiger partial charge on any atom is -0.389 e. The molecule has 1 unspecified atom stereocenters. The van der Waals surface area contributed by atoms with Crippen LogP contribution in [-0.2, 0) is 4.79 Å². The Balaban J connectivity index is 1.40. The number of carbonyl (C=O) groups is 1. The van der Waals surface area contributed by atoms with Crippen molar-refractivity contribution in [3.8, 4) is 23.1 Å². The van der Waals surface area contributed by atoms with E-state index in [1.165, 1.54) is 6.33 Å². The second-order valence-corrected chi connectivity index (χ2v) is 8.15. The van der Waals surface area contributed by atoms with Crippen LogP contribution in [0.15, 0.2) is 42.7 Å². The summed E-state index contributed by atoms with van der Waals surface area (Å²) in [4.78, 5) is 29.4. The van der Waals surface area contributed by atoms with Crippen molar-refractivity contribution in [3.05, 3.63) is 48.3 Å². The summed E-state index contributed by atoms with van der Waals surface area (Å²) in [5.74, 6) is 7.33. The number of rotatable bonds is 3. The topological polar surface area (TPSA) is 82.5 Å². The fourth-order valence-corrected chi connectivity index (χ4v) is 4.06. The first kappa shape index (κ1) is 19.5. The molecule has 3 aromatic rings. The molecule has 4 heterocycles. The summed E-state index contributed by atoms with van der Waals surface area (Å²) in [5.41, 5.74) is 4.18. The molecule has 2 saturated heterocycles. The van der Waals surface area contributed by atoms with Crippen LogP contribution in [0, 0.1) is 17.8 Å². The Morgan fingerprint density at radius 1 is 1.19 bits per heavy atom. The van der Waals surface area contributed by atoms with Gasteiger partial charge in [-0.3, -0.25) is 4.79 Å². The number of anilines is 1. The van der Waals surface area contributed by atoms with Gasteiger partial charge >= 0.3 is 0 Å². The normalized spacial score (nSPS) is 18.8. The molecule has 1 atom stereocenters. The number of pyridine rings is 1. The van der Waals surface area contributed by atoms with Crippen molar-refractivity contribution in [2.24, 2.45) is 5.92 Å². The van der Waals surface area contributed by atoms with Gasteiger partial charge in [0.05, 0.1) is 23.2 Å². The summed E-state index contributed by atoms with van der Waals surface area (Å²) in [6.45, 7) is 1.93. The van der Waals surface area contributed by atoms with Crippen LogP contribution in [0.5, 0.6) is 0 Å². The number of benzene rings is 1. The molecular weight excluding hydrogens is 390 g/mol. The van der Waals surface area contributed by atoms with Crippen LogP contribution in [0.4, 0.5) is 5.82 Å². The van der Waals surface area contributed by atoms with Gasteiger partial charge in [-0.05, 0) is 30.7 Å².